The Hall–Kier alpha value is -3.18. The molecule has 1 aromatic carbocycles. The van der Waals surface area contributed by atoms with Gasteiger partial charge in [0.15, 0.2) is 0 Å². The maximum Gasteiger partial charge on any atom is 0.410 e. The summed E-state index contributed by atoms with van der Waals surface area (Å²) in [4.78, 5) is 32.0. The number of nitrogens with one attached hydrogen (secondary N) is 1. The fourth-order valence-electron chi connectivity index (χ4n) is 3.86. The van der Waals surface area contributed by atoms with Gasteiger partial charge in [0, 0.05) is 56.7 Å². The maximum atomic E-state index is 13.0. The molecule has 0 aliphatic carbocycles. The highest BCUT2D eigenvalue weighted by atomic mass is 32.2. The van der Waals surface area contributed by atoms with Crippen LogP contribution < -0.4 is 4.72 Å². The minimum absolute atomic E-state index is 0.193. The Kier molecular flexibility index (Phi) is 9.14. The van der Waals surface area contributed by atoms with E-state index in [4.69, 9.17) is 4.74 Å². The van der Waals surface area contributed by atoms with Crippen LogP contribution in [0.2, 0.25) is 0 Å². The number of benzene rings is 1. The number of carbonyl (C=O) groups is 2. The van der Waals surface area contributed by atoms with Crippen molar-refractivity contribution in [2.24, 2.45) is 0 Å². The molecular weight excluding hydrogens is 496 g/mol. The number of anilines is 1. The number of methoxy groups -OCH3 is 1. The summed E-state index contributed by atoms with van der Waals surface area (Å²) in [5.41, 5.74) is 1.81. The standard InChI is InChI=1S/C26H36N4O6S/c1-19(15-22-10-9-21(17-27-22)24(31)35-5)37(33,34)28-23-8-6-7-20(16-23)18-29-11-13-30(14-12-29)25(32)36-26(2,3)4/h6-10,16-17,19,28H,11-15,18H2,1-5H3. The summed E-state index contributed by atoms with van der Waals surface area (Å²) in [7, 11) is -2.39. The Morgan fingerprint density at radius 3 is 2.41 bits per heavy atom. The molecule has 1 aromatic heterocycles. The molecule has 2 heterocycles. The topological polar surface area (TPSA) is 118 Å². The van der Waals surface area contributed by atoms with Gasteiger partial charge in [-0.15, -0.1) is 0 Å². The summed E-state index contributed by atoms with van der Waals surface area (Å²) in [6.45, 7) is 10.4. The molecule has 1 N–H and O–H groups in total. The Morgan fingerprint density at radius 1 is 1.11 bits per heavy atom. The minimum Gasteiger partial charge on any atom is -0.465 e. The van der Waals surface area contributed by atoms with E-state index in [0.29, 0.717) is 49.7 Å². The van der Waals surface area contributed by atoms with Gasteiger partial charge >= 0.3 is 12.1 Å². The number of hydrogen-bond acceptors (Lipinski definition) is 8. The van der Waals surface area contributed by atoms with Gasteiger partial charge in [-0.2, -0.15) is 0 Å². The third-order valence-corrected chi connectivity index (χ3v) is 7.64. The van der Waals surface area contributed by atoms with Crippen molar-refractivity contribution in [1.29, 1.82) is 0 Å². The number of amides is 1. The van der Waals surface area contributed by atoms with Crippen LogP contribution in [0.15, 0.2) is 42.6 Å². The summed E-state index contributed by atoms with van der Waals surface area (Å²) in [6.07, 6.45) is 1.27. The number of rotatable bonds is 8. The predicted molar refractivity (Wildman–Crippen MR) is 141 cm³/mol. The van der Waals surface area contributed by atoms with E-state index in [0.717, 1.165) is 5.56 Å². The maximum absolute atomic E-state index is 13.0. The van der Waals surface area contributed by atoms with E-state index < -0.39 is 26.8 Å². The SMILES string of the molecule is COC(=O)c1ccc(CC(C)S(=O)(=O)Nc2cccc(CN3CCN(C(=O)OC(C)(C)C)CC3)c2)nc1. The zero-order chi connectivity index (χ0) is 27.2. The van der Waals surface area contributed by atoms with Crippen LogP contribution in [0, 0.1) is 0 Å². The molecule has 202 valence electrons. The van der Waals surface area contributed by atoms with E-state index in [1.54, 1.807) is 30.0 Å². The summed E-state index contributed by atoms with van der Waals surface area (Å²) in [5.74, 6) is -0.494. The second kappa shape index (κ2) is 11.9. The molecule has 1 aliphatic heterocycles. The van der Waals surface area contributed by atoms with E-state index in [1.807, 2.05) is 39.0 Å². The van der Waals surface area contributed by atoms with Crippen LogP contribution in [-0.2, 0) is 32.5 Å². The van der Waals surface area contributed by atoms with Crippen molar-refractivity contribution in [3.63, 3.8) is 0 Å². The summed E-state index contributed by atoms with van der Waals surface area (Å²) in [5, 5.41) is -0.742. The van der Waals surface area contributed by atoms with Crippen molar-refractivity contribution in [2.45, 2.75) is 51.5 Å². The van der Waals surface area contributed by atoms with Gasteiger partial charge in [0.25, 0.3) is 0 Å². The summed E-state index contributed by atoms with van der Waals surface area (Å²) in [6, 6.07) is 10.5. The lowest BCUT2D eigenvalue weighted by Gasteiger charge is -2.35. The normalized spacial score (nSPS) is 15.6. The number of piperazine rings is 1. The van der Waals surface area contributed by atoms with Gasteiger partial charge in [-0.25, -0.2) is 18.0 Å². The van der Waals surface area contributed by atoms with Crippen molar-refractivity contribution in [3.05, 3.63) is 59.4 Å². The molecule has 2 aromatic rings. The first kappa shape index (κ1) is 28.4. The average Bonchev–Trinajstić information content (AvgIpc) is 2.83. The first-order valence-corrected chi connectivity index (χ1v) is 13.7. The van der Waals surface area contributed by atoms with Gasteiger partial charge in [-0.05, 0) is 57.5 Å². The Labute approximate surface area is 219 Å². The highest BCUT2D eigenvalue weighted by molar-refractivity contribution is 7.93. The van der Waals surface area contributed by atoms with Crippen LogP contribution in [0.4, 0.5) is 10.5 Å². The quantitative estimate of drug-likeness (QED) is 0.515. The second-order valence-corrected chi connectivity index (χ2v) is 12.2. The third kappa shape index (κ3) is 8.43. The monoisotopic (exact) mass is 532 g/mol. The molecule has 1 atom stereocenters. The number of sulfonamides is 1. The molecule has 1 aliphatic rings. The van der Waals surface area contributed by atoms with Gasteiger partial charge in [0.05, 0.1) is 17.9 Å². The first-order chi connectivity index (χ1) is 17.4. The molecule has 1 amide bonds. The first-order valence-electron chi connectivity index (χ1n) is 12.2. The third-order valence-electron chi connectivity index (χ3n) is 5.89. The molecule has 1 unspecified atom stereocenters. The number of carbonyl (C=O) groups excluding carboxylic acids is 2. The molecule has 0 spiro atoms. The highest BCUT2D eigenvalue weighted by Gasteiger charge is 2.26. The van der Waals surface area contributed by atoms with Crippen LogP contribution in [0.25, 0.3) is 0 Å². The lowest BCUT2D eigenvalue weighted by molar-refractivity contribution is 0.0139. The number of aromatic nitrogens is 1. The zero-order valence-electron chi connectivity index (χ0n) is 22.1. The fraction of sp³-hybridized carbons (Fsp3) is 0.500. The van der Waals surface area contributed by atoms with Crippen LogP contribution in [-0.4, -0.2) is 79.4 Å². The minimum atomic E-state index is -3.68. The van der Waals surface area contributed by atoms with E-state index in [1.165, 1.54) is 13.3 Å². The lowest BCUT2D eigenvalue weighted by Crippen LogP contribution is -2.49. The highest BCUT2D eigenvalue weighted by Crippen LogP contribution is 2.19. The largest absolute Gasteiger partial charge is 0.465 e. The van der Waals surface area contributed by atoms with Crippen molar-refractivity contribution >= 4 is 27.8 Å². The molecular formula is C26H36N4O6S. The molecule has 37 heavy (non-hydrogen) atoms. The Morgan fingerprint density at radius 2 is 1.81 bits per heavy atom. The molecule has 10 nitrogen and oxygen atoms in total. The number of hydrogen-bond donors (Lipinski definition) is 1. The molecule has 0 bridgehead atoms. The van der Waals surface area contributed by atoms with Gasteiger partial charge in [-0.3, -0.25) is 14.6 Å². The smallest absolute Gasteiger partial charge is 0.410 e. The summed E-state index contributed by atoms with van der Waals surface area (Å²) >= 11 is 0. The van der Waals surface area contributed by atoms with Gasteiger partial charge in [-0.1, -0.05) is 12.1 Å². The van der Waals surface area contributed by atoms with Gasteiger partial charge < -0.3 is 14.4 Å². The van der Waals surface area contributed by atoms with E-state index in [9.17, 15) is 18.0 Å². The second-order valence-electron chi connectivity index (χ2n) is 10.1. The van der Waals surface area contributed by atoms with E-state index >= 15 is 0 Å². The van der Waals surface area contributed by atoms with E-state index in [-0.39, 0.29) is 12.5 Å². The van der Waals surface area contributed by atoms with Crippen LogP contribution >= 0.6 is 0 Å². The molecule has 1 saturated heterocycles. The van der Waals surface area contributed by atoms with Gasteiger partial charge in [0.1, 0.15) is 5.60 Å². The molecule has 11 heteroatoms. The van der Waals surface area contributed by atoms with Crippen LogP contribution in [0.5, 0.6) is 0 Å². The van der Waals surface area contributed by atoms with Gasteiger partial charge in [0.2, 0.25) is 10.0 Å². The fourth-order valence-corrected chi connectivity index (χ4v) is 4.91. The summed E-state index contributed by atoms with van der Waals surface area (Å²) < 4.78 is 38.7. The number of ether oxygens (including phenoxy) is 2. The molecule has 3 rings (SSSR count). The molecule has 0 radical (unpaired) electrons. The number of nitrogens with zero attached hydrogens (tertiary/aromatic N) is 3. The average molecular weight is 533 g/mol. The van der Waals surface area contributed by atoms with Crippen molar-refractivity contribution in [1.82, 2.24) is 14.8 Å². The number of esters is 1. The number of pyridine rings is 1. The molecule has 0 saturated carbocycles. The van der Waals surface area contributed by atoms with Crippen molar-refractivity contribution < 1.29 is 27.5 Å². The predicted octanol–water partition coefficient (Wildman–Crippen LogP) is 3.29. The molecule has 1 fully saturated rings. The van der Waals surface area contributed by atoms with E-state index in [2.05, 4.69) is 19.3 Å². The van der Waals surface area contributed by atoms with Crippen molar-refractivity contribution in [3.8, 4) is 0 Å². The Bertz CT molecular complexity index is 1190. The van der Waals surface area contributed by atoms with Crippen LogP contribution in [0.3, 0.4) is 0 Å². The lowest BCUT2D eigenvalue weighted by atomic mass is 10.2. The zero-order valence-corrected chi connectivity index (χ0v) is 22.9. The van der Waals surface area contributed by atoms with Crippen LogP contribution in [0.1, 0.15) is 49.3 Å². The Balaban J connectivity index is 1.55. The van der Waals surface area contributed by atoms with Crippen molar-refractivity contribution in [2.75, 3.05) is 38.0 Å².